The number of anilines is 1. The number of amides is 1. The highest BCUT2D eigenvalue weighted by Gasteiger charge is 2.22. The number of hydrogen-bond donors (Lipinski definition) is 1. The lowest BCUT2D eigenvalue weighted by molar-refractivity contribution is -0.118. The highest BCUT2D eigenvalue weighted by molar-refractivity contribution is 6.01. The first-order chi connectivity index (χ1) is 14.9. The van der Waals surface area contributed by atoms with Gasteiger partial charge in [0.05, 0.1) is 17.9 Å². The monoisotopic (exact) mass is 417 g/mol. The molecule has 0 aromatic heterocycles. The maximum Gasteiger partial charge on any atom is 0.340 e. The third kappa shape index (κ3) is 5.51. The fourth-order valence-corrected chi connectivity index (χ4v) is 3.30. The summed E-state index contributed by atoms with van der Waals surface area (Å²) in [7, 11) is 0. The van der Waals surface area contributed by atoms with Crippen LogP contribution in [0.5, 0.6) is 5.75 Å². The maximum absolute atomic E-state index is 12.3. The Hall–Kier alpha value is -3.60. The van der Waals surface area contributed by atoms with Gasteiger partial charge in [-0.15, -0.1) is 0 Å². The van der Waals surface area contributed by atoms with E-state index >= 15 is 0 Å². The van der Waals surface area contributed by atoms with E-state index in [1.54, 1.807) is 31.2 Å². The fraction of sp³-hybridized carbons (Fsp3) is 0.231. The Morgan fingerprint density at radius 1 is 0.839 bits per heavy atom. The fourth-order valence-electron chi connectivity index (χ4n) is 3.30. The van der Waals surface area contributed by atoms with E-state index in [9.17, 15) is 9.59 Å². The van der Waals surface area contributed by atoms with E-state index in [0.29, 0.717) is 17.0 Å². The number of hydrogen-bond acceptors (Lipinski definition) is 4. The van der Waals surface area contributed by atoms with E-state index in [1.165, 1.54) is 5.56 Å². The molecule has 0 atom stereocenters. The molecule has 0 saturated carbocycles. The van der Waals surface area contributed by atoms with Crippen molar-refractivity contribution in [2.75, 3.05) is 18.5 Å². The van der Waals surface area contributed by atoms with Crippen LogP contribution in [0.15, 0.2) is 78.9 Å². The predicted molar refractivity (Wildman–Crippen MR) is 122 cm³/mol. The molecule has 0 unspecified atom stereocenters. The Labute approximate surface area is 183 Å². The van der Waals surface area contributed by atoms with Crippen LogP contribution in [0.4, 0.5) is 5.69 Å². The smallest absolute Gasteiger partial charge is 0.340 e. The van der Waals surface area contributed by atoms with Crippen molar-refractivity contribution in [3.8, 4) is 5.75 Å². The molecule has 1 N–H and O–H groups in total. The standard InChI is InChI=1S/C26H27NO4/c1-4-30-25(29)22-12-8-9-13-23(22)27-24(28)18-31-21-16-14-20(15-17-21)26(2,3)19-10-6-5-7-11-19/h5-17H,4,18H2,1-3H3,(H,27,28). The number of rotatable bonds is 8. The van der Waals surface area contributed by atoms with Gasteiger partial charge in [-0.3, -0.25) is 4.79 Å². The molecule has 0 aliphatic rings. The summed E-state index contributed by atoms with van der Waals surface area (Å²) in [5.74, 6) is -0.234. The van der Waals surface area contributed by atoms with Gasteiger partial charge in [-0.25, -0.2) is 4.79 Å². The molecule has 5 nitrogen and oxygen atoms in total. The zero-order valence-electron chi connectivity index (χ0n) is 18.1. The molecular formula is C26H27NO4. The lowest BCUT2D eigenvalue weighted by atomic mass is 9.78. The topological polar surface area (TPSA) is 64.6 Å². The van der Waals surface area contributed by atoms with Crippen LogP contribution < -0.4 is 10.1 Å². The van der Waals surface area contributed by atoms with E-state index in [1.807, 2.05) is 42.5 Å². The molecule has 0 spiro atoms. The summed E-state index contributed by atoms with van der Waals surface area (Å²) < 4.78 is 10.7. The van der Waals surface area contributed by atoms with Gasteiger partial charge in [0, 0.05) is 5.41 Å². The summed E-state index contributed by atoms with van der Waals surface area (Å²) >= 11 is 0. The molecule has 0 saturated heterocycles. The van der Waals surface area contributed by atoms with E-state index in [-0.39, 0.29) is 24.5 Å². The van der Waals surface area contributed by atoms with Gasteiger partial charge in [-0.1, -0.05) is 68.4 Å². The molecule has 3 aromatic carbocycles. The highest BCUT2D eigenvalue weighted by atomic mass is 16.5. The highest BCUT2D eigenvalue weighted by Crippen LogP contribution is 2.32. The summed E-state index contributed by atoms with van der Waals surface area (Å²) in [6.07, 6.45) is 0. The minimum absolute atomic E-state index is 0.145. The second-order valence-corrected chi connectivity index (χ2v) is 7.62. The molecule has 0 aliphatic carbocycles. The van der Waals surface area contributed by atoms with Crippen LogP contribution in [-0.4, -0.2) is 25.1 Å². The minimum atomic E-state index is -0.476. The van der Waals surface area contributed by atoms with Crippen molar-refractivity contribution in [2.45, 2.75) is 26.2 Å². The molecule has 3 rings (SSSR count). The van der Waals surface area contributed by atoms with Crippen LogP contribution in [0.1, 0.15) is 42.3 Å². The van der Waals surface area contributed by atoms with Crippen LogP contribution in [0.25, 0.3) is 0 Å². The van der Waals surface area contributed by atoms with Gasteiger partial charge in [0.25, 0.3) is 5.91 Å². The summed E-state index contributed by atoms with van der Waals surface area (Å²) in [4.78, 5) is 24.4. The third-order valence-electron chi connectivity index (χ3n) is 5.14. The van der Waals surface area contributed by atoms with Crippen molar-refractivity contribution in [1.82, 2.24) is 0 Å². The number of para-hydroxylation sites is 1. The predicted octanol–water partition coefficient (Wildman–Crippen LogP) is 5.21. The summed E-state index contributed by atoms with van der Waals surface area (Å²) in [5.41, 5.74) is 2.94. The average molecular weight is 418 g/mol. The quantitative estimate of drug-likeness (QED) is 0.511. The number of esters is 1. The molecule has 1 amide bonds. The largest absolute Gasteiger partial charge is 0.484 e. The van der Waals surface area contributed by atoms with Gasteiger partial charge in [0.2, 0.25) is 0 Å². The van der Waals surface area contributed by atoms with Gasteiger partial charge in [-0.2, -0.15) is 0 Å². The van der Waals surface area contributed by atoms with Crippen molar-refractivity contribution in [1.29, 1.82) is 0 Å². The second kappa shape index (κ2) is 9.94. The lowest BCUT2D eigenvalue weighted by Crippen LogP contribution is -2.22. The first-order valence-electron chi connectivity index (χ1n) is 10.3. The van der Waals surface area contributed by atoms with Crippen molar-refractivity contribution < 1.29 is 19.1 Å². The molecule has 0 aliphatic heterocycles. The Balaban J connectivity index is 1.61. The number of benzene rings is 3. The zero-order chi connectivity index (χ0) is 22.3. The Kier molecular flexibility index (Phi) is 7.08. The molecular weight excluding hydrogens is 390 g/mol. The summed E-state index contributed by atoms with van der Waals surface area (Å²) in [6.45, 7) is 6.18. The normalized spacial score (nSPS) is 10.9. The summed E-state index contributed by atoms with van der Waals surface area (Å²) in [6, 6.07) is 24.8. The third-order valence-corrected chi connectivity index (χ3v) is 5.14. The summed E-state index contributed by atoms with van der Waals surface area (Å²) in [5, 5.41) is 2.71. The molecule has 3 aromatic rings. The number of nitrogens with one attached hydrogen (secondary N) is 1. The van der Waals surface area contributed by atoms with E-state index in [0.717, 1.165) is 5.56 Å². The zero-order valence-corrected chi connectivity index (χ0v) is 18.1. The lowest BCUT2D eigenvalue weighted by Gasteiger charge is -2.26. The average Bonchev–Trinajstić information content (AvgIpc) is 2.79. The van der Waals surface area contributed by atoms with Crippen LogP contribution in [-0.2, 0) is 14.9 Å². The van der Waals surface area contributed by atoms with E-state index in [4.69, 9.17) is 9.47 Å². The number of ether oxygens (including phenoxy) is 2. The first kappa shape index (κ1) is 22.1. The second-order valence-electron chi connectivity index (χ2n) is 7.62. The van der Waals surface area contributed by atoms with Crippen molar-refractivity contribution in [2.24, 2.45) is 0 Å². The SMILES string of the molecule is CCOC(=O)c1ccccc1NC(=O)COc1ccc(C(C)(C)c2ccccc2)cc1. The molecule has 0 bridgehead atoms. The first-order valence-corrected chi connectivity index (χ1v) is 10.3. The molecule has 0 heterocycles. The van der Waals surface area contributed by atoms with E-state index < -0.39 is 5.97 Å². The van der Waals surface area contributed by atoms with Crippen LogP contribution in [0.3, 0.4) is 0 Å². The van der Waals surface area contributed by atoms with Crippen molar-refractivity contribution in [3.63, 3.8) is 0 Å². The van der Waals surface area contributed by atoms with E-state index in [2.05, 4.69) is 31.3 Å². The number of carbonyl (C=O) groups excluding carboxylic acids is 2. The number of carbonyl (C=O) groups is 2. The minimum Gasteiger partial charge on any atom is -0.484 e. The Morgan fingerprint density at radius 2 is 1.45 bits per heavy atom. The van der Waals surface area contributed by atoms with Gasteiger partial charge in [-0.05, 0) is 42.3 Å². The van der Waals surface area contributed by atoms with Gasteiger partial charge in [0.1, 0.15) is 5.75 Å². The van der Waals surface area contributed by atoms with Crippen LogP contribution in [0, 0.1) is 0 Å². The van der Waals surface area contributed by atoms with Gasteiger partial charge in [0.15, 0.2) is 6.61 Å². The molecule has 31 heavy (non-hydrogen) atoms. The Morgan fingerprint density at radius 3 is 2.13 bits per heavy atom. The van der Waals surface area contributed by atoms with Crippen molar-refractivity contribution >= 4 is 17.6 Å². The van der Waals surface area contributed by atoms with Crippen molar-refractivity contribution in [3.05, 3.63) is 95.6 Å². The molecule has 160 valence electrons. The molecule has 0 fully saturated rings. The van der Waals surface area contributed by atoms with Gasteiger partial charge < -0.3 is 14.8 Å². The molecule has 0 radical (unpaired) electrons. The van der Waals surface area contributed by atoms with Crippen LogP contribution in [0.2, 0.25) is 0 Å². The molecule has 5 heteroatoms. The van der Waals surface area contributed by atoms with Gasteiger partial charge >= 0.3 is 5.97 Å². The Bertz CT molecular complexity index is 1030. The maximum atomic E-state index is 12.3. The van der Waals surface area contributed by atoms with Crippen LogP contribution >= 0.6 is 0 Å².